The quantitative estimate of drug-likeness (QED) is 0.494. The minimum absolute atomic E-state index is 0.00166. The van der Waals surface area contributed by atoms with Crippen LogP contribution in [0.15, 0.2) is 36.4 Å². The molecular weight excluding hydrogens is 460 g/mol. The van der Waals surface area contributed by atoms with Crippen molar-refractivity contribution in [2.45, 2.75) is 37.8 Å². The number of nitro benzene ring substituents is 1. The van der Waals surface area contributed by atoms with Crippen LogP contribution in [-0.2, 0) is 0 Å². The standard InChI is InChI=1S/C24H27F2N5O4/c25-17-11-16(12-18(26)14-17)24(33)30-9-7-29(8-10-30)21-6-1-15(13-22(21)31(34)35)23(32)28-20-4-2-19(27)3-5-20/h1,6,11-14,19-20H,2-5,7-10,27H2,(H,28,32). The van der Waals surface area contributed by atoms with Gasteiger partial charge in [0.05, 0.1) is 4.92 Å². The molecule has 35 heavy (non-hydrogen) atoms. The van der Waals surface area contributed by atoms with Crippen molar-refractivity contribution in [3.05, 3.63) is 69.3 Å². The zero-order chi connectivity index (χ0) is 25.1. The molecule has 9 nitrogen and oxygen atoms in total. The van der Waals surface area contributed by atoms with Gasteiger partial charge in [0.2, 0.25) is 0 Å². The number of nitrogens with two attached hydrogens (primary N) is 1. The van der Waals surface area contributed by atoms with Gasteiger partial charge in [-0.3, -0.25) is 19.7 Å². The first-order chi connectivity index (χ1) is 16.7. The van der Waals surface area contributed by atoms with Crippen molar-refractivity contribution in [1.82, 2.24) is 10.2 Å². The summed E-state index contributed by atoms with van der Waals surface area (Å²) in [7, 11) is 0. The Morgan fingerprint density at radius 2 is 1.57 bits per heavy atom. The van der Waals surface area contributed by atoms with Crippen molar-refractivity contribution >= 4 is 23.2 Å². The van der Waals surface area contributed by atoms with Crippen LogP contribution < -0.4 is 16.0 Å². The first-order valence-corrected chi connectivity index (χ1v) is 11.6. The van der Waals surface area contributed by atoms with Gasteiger partial charge in [-0.1, -0.05) is 0 Å². The number of carbonyl (C=O) groups is 2. The van der Waals surface area contributed by atoms with Gasteiger partial charge in [0.1, 0.15) is 17.3 Å². The van der Waals surface area contributed by atoms with E-state index in [0.717, 1.165) is 37.8 Å². The highest BCUT2D eigenvalue weighted by atomic mass is 19.1. The molecule has 11 heteroatoms. The van der Waals surface area contributed by atoms with Gasteiger partial charge in [0.25, 0.3) is 17.5 Å². The number of piperazine rings is 1. The lowest BCUT2D eigenvalue weighted by atomic mass is 9.91. The average Bonchev–Trinajstić information content (AvgIpc) is 2.84. The largest absolute Gasteiger partial charge is 0.362 e. The fourth-order valence-corrected chi connectivity index (χ4v) is 4.62. The van der Waals surface area contributed by atoms with E-state index in [0.29, 0.717) is 11.8 Å². The molecule has 2 aromatic carbocycles. The highest BCUT2D eigenvalue weighted by Gasteiger charge is 2.28. The molecule has 1 aliphatic carbocycles. The molecule has 1 saturated carbocycles. The molecule has 2 amide bonds. The lowest BCUT2D eigenvalue weighted by Crippen LogP contribution is -2.49. The Morgan fingerprint density at radius 1 is 0.943 bits per heavy atom. The Labute approximate surface area is 201 Å². The second-order valence-corrected chi connectivity index (χ2v) is 8.98. The minimum atomic E-state index is -0.834. The highest BCUT2D eigenvalue weighted by Crippen LogP contribution is 2.30. The third-order valence-electron chi connectivity index (χ3n) is 6.56. The van der Waals surface area contributed by atoms with E-state index in [-0.39, 0.29) is 61.0 Å². The number of amides is 2. The molecule has 0 atom stereocenters. The maximum Gasteiger partial charge on any atom is 0.293 e. The van der Waals surface area contributed by atoms with Crippen molar-refractivity contribution in [3.8, 4) is 0 Å². The zero-order valence-corrected chi connectivity index (χ0v) is 19.1. The molecule has 2 aliphatic rings. The van der Waals surface area contributed by atoms with Gasteiger partial charge in [-0.15, -0.1) is 0 Å². The summed E-state index contributed by atoms with van der Waals surface area (Å²) in [5.41, 5.74) is 6.17. The summed E-state index contributed by atoms with van der Waals surface area (Å²) >= 11 is 0. The predicted octanol–water partition coefficient (Wildman–Crippen LogP) is 2.84. The molecule has 3 N–H and O–H groups in total. The van der Waals surface area contributed by atoms with E-state index in [1.165, 1.54) is 11.0 Å². The van der Waals surface area contributed by atoms with Gasteiger partial charge >= 0.3 is 0 Å². The number of carbonyl (C=O) groups excluding carboxylic acids is 2. The fourth-order valence-electron chi connectivity index (χ4n) is 4.62. The van der Waals surface area contributed by atoms with Gasteiger partial charge in [-0.25, -0.2) is 8.78 Å². The molecule has 186 valence electrons. The van der Waals surface area contributed by atoms with Crippen LogP contribution in [0.2, 0.25) is 0 Å². The Kier molecular flexibility index (Phi) is 7.25. The van der Waals surface area contributed by atoms with Crippen LogP contribution in [0.5, 0.6) is 0 Å². The Bertz CT molecular complexity index is 1110. The number of rotatable bonds is 5. The number of hydrogen-bond acceptors (Lipinski definition) is 6. The van der Waals surface area contributed by atoms with Gasteiger partial charge in [0, 0.05) is 61.5 Å². The molecule has 0 bridgehead atoms. The molecule has 0 unspecified atom stereocenters. The molecule has 0 aromatic heterocycles. The van der Waals surface area contributed by atoms with Gasteiger partial charge in [-0.05, 0) is 49.9 Å². The van der Waals surface area contributed by atoms with E-state index in [4.69, 9.17) is 5.73 Å². The van der Waals surface area contributed by atoms with Crippen LogP contribution in [0.3, 0.4) is 0 Å². The van der Waals surface area contributed by atoms with Gasteiger partial charge in [-0.2, -0.15) is 0 Å². The Balaban J connectivity index is 1.43. The van der Waals surface area contributed by atoms with Crippen molar-refractivity contribution in [2.75, 3.05) is 31.1 Å². The molecule has 4 rings (SSSR count). The van der Waals surface area contributed by atoms with E-state index in [2.05, 4.69) is 5.32 Å². The van der Waals surface area contributed by atoms with E-state index in [9.17, 15) is 28.5 Å². The molecule has 0 radical (unpaired) electrons. The summed E-state index contributed by atoms with van der Waals surface area (Å²) in [4.78, 5) is 39.8. The van der Waals surface area contributed by atoms with Gasteiger partial charge in [0.15, 0.2) is 0 Å². The summed E-state index contributed by atoms with van der Waals surface area (Å²) < 4.78 is 27.0. The SMILES string of the molecule is NC1CCC(NC(=O)c2ccc(N3CCN(C(=O)c4cc(F)cc(F)c4)CC3)c([N+](=O)[O-])c2)CC1. The van der Waals surface area contributed by atoms with E-state index < -0.39 is 22.5 Å². The third kappa shape index (κ3) is 5.73. The normalized spacial score (nSPS) is 20.4. The van der Waals surface area contributed by atoms with Crippen LogP contribution in [0.1, 0.15) is 46.4 Å². The summed E-state index contributed by atoms with van der Waals surface area (Å²) in [5, 5.41) is 14.7. The van der Waals surface area contributed by atoms with Crippen molar-refractivity contribution in [3.63, 3.8) is 0 Å². The number of anilines is 1. The zero-order valence-electron chi connectivity index (χ0n) is 19.1. The van der Waals surface area contributed by atoms with E-state index >= 15 is 0 Å². The second-order valence-electron chi connectivity index (χ2n) is 8.98. The smallest absolute Gasteiger partial charge is 0.293 e. The first-order valence-electron chi connectivity index (χ1n) is 11.6. The summed E-state index contributed by atoms with van der Waals surface area (Å²) in [5.74, 6) is -2.54. The molecule has 2 aromatic rings. The molecule has 0 spiro atoms. The number of nitrogens with zero attached hydrogens (tertiary/aromatic N) is 3. The molecule has 1 saturated heterocycles. The minimum Gasteiger partial charge on any atom is -0.362 e. The molecule has 1 aliphatic heterocycles. The average molecular weight is 488 g/mol. The molecular formula is C24H27F2N5O4. The Morgan fingerprint density at radius 3 is 2.17 bits per heavy atom. The van der Waals surface area contributed by atoms with E-state index in [1.807, 2.05) is 0 Å². The fraction of sp³-hybridized carbons (Fsp3) is 0.417. The number of hydrogen-bond donors (Lipinski definition) is 2. The monoisotopic (exact) mass is 487 g/mol. The lowest BCUT2D eigenvalue weighted by molar-refractivity contribution is -0.384. The number of halogens is 2. The Hall–Kier alpha value is -3.60. The molecule has 2 fully saturated rings. The van der Waals surface area contributed by atoms with E-state index in [1.54, 1.807) is 17.0 Å². The maximum absolute atomic E-state index is 13.5. The van der Waals surface area contributed by atoms with Crippen molar-refractivity contribution in [1.29, 1.82) is 0 Å². The number of nitrogens with one attached hydrogen (secondary N) is 1. The van der Waals surface area contributed by atoms with Crippen LogP contribution in [-0.4, -0.2) is 59.9 Å². The highest BCUT2D eigenvalue weighted by molar-refractivity contribution is 5.96. The topological polar surface area (TPSA) is 122 Å². The number of benzene rings is 2. The maximum atomic E-state index is 13.5. The summed E-state index contributed by atoms with van der Waals surface area (Å²) in [6, 6.07) is 7.17. The summed E-state index contributed by atoms with van der Waals surface area (Å²) in [6.07, 6.45) is 3.20. The lowest BCUT2D eigenvalue weighted by Gasteiger charge is -2.36. The van der Waals surface area contributed by atoms with Gasteiger partial charge < -0.3 is 20.9 Å². The second kappa shape index (κ2) is 10.3. The first kappa shape index (κ1) is 24.5. The van der Waals surface area contributed by atoms with Crippen LogP contribution >= 0.6 is 0 Å². The van der Waals surface area contributed by atoms with Crippen molar-refractivity contribution < 1.29 is 23.3 Å². The predicted molar refractivity (Wildman–Crippen MR) is 125 cm³/mol. The van der Waals surface area contributed by atoms with Crippen molar-refractivity contribution in [2.24, 2.45) is 5.73 Å². The molecule has 1 heterocycles. The van der Waals surface area contributed by atoms with Crippen LogP contribution in [0.4, 0.5) is 20.2 Å². The third-order valence-corrected chi connectivity index (χ3v) is 6.56. The van der Waals surface area contributed by atoms with Crippen LogP contribution in [0, 0.1) is 21.7 Å². The van der Waals surface area contributed by atoms with Crippen LogP contribution in [0.25, 0.3) is 0 Å². The number of nitro groups is 1. The summed E-state index contributed by atoms with van der Waals surface area (Å²) in [6.45, 7) is 1.02.